The molecule has 3 aromatic rings. The molecule has 0 spiro atoms. The predicted octanol–water partition coefficient (Wildman–Crippen LogP) is -2.11. The Bertz CT molecular complexity index is 977. The first kappa shape index (κ1) is 20.6. The number of benzene rings is 2. The molecule has 0 fully saturated rings. The molecule has 0 unspecified atom stereocenters. The lowest BCUT2D eigenvalue weighted by atomic mass is 10.1. The van der Waals surface area contributed by atoms with Crippen LogP contribution in [0.3, 0.4) is 0 Å². The van der Waals surface area contributed by atoms with E-state index in [1.54, 1.807) is 12.1 Å². The topological polar surface area (TPSA) is 149 Å². The summed E-state index contributed by atoms with van der Waals surface area (Å²) in [7, 11) is -4.94. The van der Waals surface area contributed by atoms with Crippen molar-refractivity contribution in [3.63, 3.8) is 0 Å². The van der Waals surface area contributed by atoms with Crippen molar-refractivity contribution in [3.8, 4) is 22.6 Å². The van der Waals surface area contributed by atoms with Gasteiger partial charge in [0.15, 0.2) is 11.4 Å². The highest BCUT2D eigenvalue weighted by Gasteiger charge is 2.22. The van der Waals surface area contributed by atoms with Crippen molar-refractivity contribution in [2.75, 3.05) is 0 Å². The lowest BCUT2D eigenvalue weighted by molar-refractivity contribution is -2.00. The van der Waals surface area contributed by atoms with Crippen LogP contribution in [0.4, 0.5) is 0 Å². The van der Waals surface area contributed by atoms with Gasteiger partial charge >= 0.3 is 5.56 Å². The number of phenolic OH excluding ortho intramolecular Hbond substituents is 1. The second kappa shape index (κ2) is 8.30. The number of nitrogens with zero attached hydrogens (tertiary/aromatic N) is 1. The number of H-pyrrole nitrogens is 1. The van der Waals surface area contributed by atoms with Crippen LogP contribution in [-0.2, 0) is 0 Å². The van der Waals surface area contributed by atoms with Gasteiger partial charge < -0.3 is 5.11 Å². The standard InChI is InChI=1S/C18H16N2O2.ClHO4/c1-12-17(14-8-4-3-5-9-14)18(22)19-13(2)20(12)15-10-6-7-11-16(15)21;2-1(3,4)5/h3-11,21H,1-2H3;(H,2,3,4,5). The Labute approximate surface area is 157 Å². The van der Waals surface area contributed by atoms with Crippen LogP contribution in [0, 0.1) is 24.1 Å². The third-order valence-electron chi connectivity index (χ3n) is 3.74. The van der Waals surface area contributed by atoms with Crippen molar-refractivity contribution < 1.29 is 38.6 Å². The zero-order valence-electron chi connectivity index (χ0n) is 14.5. The first-order valence-corrected chi connectivity index (χ1v) is 8.94. The molecular weight excluding hydrogens is 376 g/mol. The molecule has 1 heterocycles. The molecule has 27 heavy (non-hydrogen) atoms. The molecule has 8 nitrogen and oxygen atoms in total. The van der Waals surface area contributed by atoms with Gasteiger partial charge in [0, 0.05) is 6.92 Å². The summed E-state index contributed by atoms with van der Waals surface area (Å²) in [6.45, 7) is 3.70. The molecule has 2 N–H and O–H groups in total. The summed E-state index contributed by atoms with van der Waals surface area (Å²) in [5.74, 6) is 0.841. The van der Waals surface area contributed by atoms with E-state index in [1.807, 2.05) is 60.9 Å². The Morgan fingerprint density at radius 1 is 0.926 bits per heavy atom. The molecule has 0 atom stereocenters. The summed E-state index contributed by atoms with van der Waals surface area (Å²) >= 11 is 0. The first-order valence-electron chi connectivity index (χ1n) is 7.70. The van der Waals surface area contributed by atoms with Gasteiger partial charge in [-0.05, 0) is 24.6 Å². The fraction of sp³-hybridized carbons (Fsp3) is 0.111. The zero-order valence-corrected chi connectivity index (χ0v) is 15.3. The first-order chi connectivity index (χ1) is 12.6. The van der Waals surface area contributed by atoms with E-state index >= 15 is 0 Å². The SMILES string of the molecule is Cc1[nH]c(=O)c(-c2ccccc2)c(C)[n+]1-c1ccccc1O.[O-][Cl+3]([O-])([O-])[O-]. The predicted molar refractivity (Wildman–Crippen MR) is 85.2 cm³/mol. The van der Waals surface area contributed by atoms with Crippen LogP contribution >= 0.6 is 0 Å². The van der Waals surface area contributed by atoms with Crippen molar-refractivity contribution in [1.82, 2.24) is 4.98 Å². The minimum Gasteiger partial charge on any atom is -0.504 e. The monoisotopic (exact) mass is 392 g/mol. The average molecular weight is 393 g/mol. The van der Waals surface area contributed by atoms with Gasteiger partial charge in [-0.2, -0.15) is 4.57 Å². The lowest BCUT2D eigenvalue weighted by Crippen LogP contribution is -2.68. The summed E-state index contributed by atoms with van der Waals surface area (Å²) in [6, 6.07) is 16.6. The number of aryl methyl sites for hydroxylation is 1. The summed E-state index contributed by atoms with van der Waals surface area (Å²) in [4.78, 5) is 15.3. The van der Waals surface area contributed by atoms with Crippen LogP contribution in [0.25, 0.3) is 16.8 Å². The summed E-state index contributed by atoms with van der Waals surface area (Å²) < 4.78 is 35.8. The molecule has 0 aliphatic rings. The smallest absolute Gasteiger partial charge is 0.343 e. The fourth-order valence-corrected chi connectivity index (χ4v) is 2.77. The fourth-order valence-electron chi connectivity index (χ4n) is 2.77. The van der Waals surface area contributed by atoms with Gasteiger partial charge in [0.2, 0.25) is 0 Å². The molecule has 0 radical (unpaired) electrons. The van der Waals surface area contributed by atoms with Crippen molar-refractivity contribution in [2.45, 2.75) is 13.8 Å². The molecular formula is C18H17ClN2O6. The zero-order chi connectivity index (χ0) is 20.2. The largest absolute Gasteiger partial charge is 0.504 e. The Kier molecular flexibility index (Phi) is 6.32. The van der Waals surface area contributed by atoms with Crippen LogP contribution < -0.4 is 28.8 Å². The van der Waals surface area contributed by atoms with Crippen LogP contribution in [0.2, 0.25) is 0 Å². The minimum absolute atomic E-state index is 0.132. The van der Waals surface area contributed by atoms with E-state index in [9.17, 15) is 9.90 Å². The van der Waals surface area contributed by atoms with Crippen molar-refractivity contribution >= 4 is 0 Å². The van der Waals surface area contributed by atoms with Crippen molar-refractivity contribution in [3.05, 3.63) is 76.5 Å². The van der Waals surface area contributed by atoms with E-state index in [1.165, 1.54) is 0 Å². The van der Waals surface area contributed by atoms with E-state index < -0.39 is 10.2 Å². The second-order valence-electron chi connectivity index (χ2n) is 5.57. The molecule has 0 saturated carbocycles. The molecule has 9 heteroatoms. The average Bonchev–Trinajstić information content (AvgIpc) is 2.55. The molecule has 1 aromatic heterocycles. The molecule has 0 amide bonds. The number of nitrogens with one attached hydrogen (secondary N) is 1. The Hall–Kier alpha value is -2.75. The van der Waals surface area contributed by atoms with Crippen molar-refractivity contribution in [2.24, 2.45) is 0 Å². The van der Waals surface area contributed by atoms with E-state index in [-0.39, 0.29) is 11.3 Å². The quantitative estimate of drug-likeness (QED) is 0.476. The Balaban J connectivity index is 0.000000465. The number of phenols is 1. The van der Waals surface area contributed by atoms with Gasteiger partial charge in [-0.25, -0.2) is 28.4 Å². The molecule has 0 bridgehead atoms. The van der Waals surface area contributed by atoms with E-state index in [2.05, 4.69) is 4.98 Å². The number of aromatic amines is 1. The van der Waals surface area contributed by atoms with E-state index in [0.29, 0.717) is 17.1 Å². The van der Waals surface area contributed by atoms with Crippen LogP contribution in [0.15, 0.2) is 59.4 Å². The summed E-state index contributed by atoms with van der Waals surface area (Å²) in [5.41, 5.74) is 2.76. The number of aromatic hydroxyl groups is 1. The number of para-hydroxylation sites is 2. The van der Waals surface area contributed by atoms with Gasteiger partial charge in [0.05, 0.1) is 0 Å². The highest BCUT2D eigenvalue weighted by Crippen LogP contribution is 2.21. The van der Waals surface area contributed by atoms with Gasteiger partial charge in [0.1, 0.15) is 11.3 Å². The van der Waals surface area contributed by atoms with Gasteiger partial charge in [-0.3, -0.25) is 0 Å². The number of rotatable bonds is 2. The maximum atomic E-state index is 12.4. The van der Waals surface area contributed by atoms with Crippen LogP contribution in [0.1, 0.15) is 11.5 Å². The number of hydrogen-bond donors (Lipinski definition) is 2. The highest BCUT2D eigenvalue weighted by molar-refractivity contribution is 5.63. The third-order valence-corrected chi connectivity index (χ3v) is 3.74. The molecule has 2 aromatic carbocycles. The maximum absolute atomic E-state index is 12.4. The molecule has 0 aliphatic carbocycles. The molecule has 3 rings (SSSR count). The second-order valence-corrected chi connectivity index (χ2v) is 6.32. The normalized spacial score (nSPS) is 10.9. The van der Waals surface area contributed by atoms with Crippen LogP contribution in [-0.4, -0.2) is 10.1 Å². The lowest BCUT2D eigenvalue weighted by Gasteiger charge is -2.17. The molecule has 0 saturated heterocycles. The Morgan fingerprint density at radius 2 is 1.44 bits per heavy atom. The summed E-state index contributed by atoms with van der Waals surface area (Å²) in [6.07, 6.45) is 0. The number of hydrogen-bond acceptors (Lipinski definition) is 6. The highest BCUT2D eigenvalue weighted by atomic mass is 35.7. The van der Waals surface area contributed by atoms with E-state index in [4.69, 9.17) is 18.6 Å². The van der Waals surface area contributed by atoms with E-state index in [0.717, 1.165) is 11.3 Å². The van der Waals surface area contributed by atoms with Gasteiger partial charge in [0.25, 0.3) is 5.82 Å². The van der Waals surface area contributed by atoms with Crippen LogP contribution in [0.5, 0.6) is 5.75 Å². The van der Waals surface area contributed by atoms with Crippen molar-refractivity contribution in [1.29, 1.82) is 0 Å². The maximum Gasteiger partial charge on any atom is 0.343 e. The number of aromatic nitrogens is 2. The summed E-state index contributed by atoms with van der Waals surface area (Å²) in [5, 5.41) is 10.1. The molecule has 142 valence electrons. The molecule has 0 aliphatic heterocycles. The third kappa shape index (κ3) is 5.36. The van der Waals surface area contributed by atoms with Gasteiger partial charge in [-0.15, -0.1) is 10.2 Å². The number of halogens is 1. The Morgan fingerprint density at radius 3 is 2.00 bits per heavy atom. The van der Waals surface area contributed by atoms with Gasteiger partial charge in [-0.1, -0.05) is 42.5 Å². The minimum atomic E-state index is -4.94.